The number of thiazole rings is 1. The average Bonchev–Trinajstić information content (AvgIpc) is 3.15. The van der Waals surface area contributed by atoms with E-state index in [1.807, 2.05) is 5.38 Å². The number of nitrogens with zero attached hydrogens (tertiary/aromatic N) is 2. The first-order chi connectivity index (χ1) is 11.7. The van der Waals surface area contributed by atoms with Gasteiger partial charge in [-0.1, -0.05) is 5.16 Å². The SMILES string of the molecule is CCOC(=O)C1(Cc2cscn2)CC(CNC(=O)OC(C)(C)C)=NO1. The molecule has 25 heavy (non-hydrogen) atoms. The van der Waals surface area contributed by atoms with Crippen molar-refractivity contribution >= 4 is 29.1 Å². The molecule has 9 heteroatoms. The van der Waals surface area contributed by atoms with Crippen molar-refractivity contribution in [1.29, 1.82) is 0 Å². The number of carbonyl (C=O) groups excluding carboxylic acids is 2. The molecule has 1 aromatic heterocycles. The van der Waals surface area contributed by atoms with Crippen molar-refractivity contribution in [3.05, 3.63) is 16.6 Å². The van der Waals surface area contributed by atoms with Gasteiger partial charge in [0.2, 0.25) is 5.60 Å². The lowest BCUT2D eigenvalue weighted by atomic mass is 9.92. The molecule has 0 aromatic carbocycles. The summed E-state index contributed by atoms with van der Waals surface area (Å²) in [4.78, 5) is 33.8. The fourth-order valence-electron chi connectivity index (χ4n) is 2.29. The van der Waals surface area contributed by atoms with Gasteiger partial charge in [0.15, 0.2) is 0 Å². The highest BCUT2D eigenvalue weighted by Gasteiger charge is 2.48. The number of aromatic nitrogens is 1. The largest absolute Gasteiger partial charge is 0.463 e. The second-order valence-electron chi connectivity index (χ2n) is 6.65. The lowest BCUT2D eigenvalue weighted by Crippen LogP contribution is -2.44. The van der Waals surface area contributed by atoms with Gasteiger partial charge >= 0.3 is 12.1 Å². The van der Waals surface area contributed by atoms with Crippen molar-refractivity contribution in [2.45, 2.75) is 51.7 Å². The van der Waals surface area contributed by atoms with Gasteiger partial charge in [0.25, 0.3) is 0 Å². The van der Waals surface area contributed by atoms with E-state index in [1.165, 1.54) is 11.3 Å². The highest BCUT2D eigenvalue weighted by molar-refractivity contribution is 7.07. The first-order valence-corrected chi connectivity index (χ1v) is 8.93. The molecule has 0 radical (unpaired) electrons. The summed E-state index contributed by atoms with van der Waals surface area (Å²) in [6, 6.07) is 0. The van der Waals surface area contributed by atoms with Gasteiger partial charge in [-0.2, -0.15) is 0 Å². The third kappa shape index (κ3) is 5.42. The number of alkyl carbamates (subject to hydrolysis) is 1. The summed E-state index contributed by atoms with van der Waals surface area (Å²) >= 11 is 1.44. The molecule has 0 fully saturated rings. The van der Waals surface area contributed by atoms with Gasteiger partial charge < -0.3 is 19.6 Å². The van der Waals surface area contributed by atoms with Crippen LogP contribution in [-0.4, -0.2) is 47.1 Å². The maximum Gasteiger partial charge on any atom is 0.407 e. The number of hydrogen-bond donors (Lipinski definition) is 1. The molecular formula is C16H23N3O5S. The van der Waals surface area contributed by atoms with Crippen LogP contribution in [0.25, 0.3) is 0 Å². The first-order valence-electron chi connectivity index (χ1n) is 7.99. The van der Waals surface area contributed by atoms with E-state index in [9.17, 15) is 9.59 Å². The minimum Gasteiger partial charge on any atom is -0.463 e. The number of amides is 1. The van der Waals surface area contributed by atoms with E-state index in [1.54, 1.807) is 33.2 Å². The molecule has 2 rings (SSSR count). The lowest BCUT2D eigenvalue weighted by Gasteiger charge is -2.23. The Bertz CT molecular complexity index is 639. The zero-order valence-electron chi connectivity index (χ0n) is 14.8. The average molecular weight is 369 g/mol. The van der Waals surface area contributed by atoms with Crippen LogP contribution in [0.1, 0.15) is 39.8 Å². The van der Waals surface area contributed by atoms with Gasteiger partial charge in [-0.25, -0.2) is 14.6 Å². The third-order valence-corrected chi connectivity index (χ3v) is 3.91. The minimum atomic E-state index is -1.24. The quantitative estimate of drug-likeness (QED) is 0.773. The van der Waals surface area contributed by atoms with Crippen LogP contribution >= 0.6 is 11.3 Å². The minimum absolute atomic E-state index is 0.132. The zero-order valence-corrected chi connectivity index (χ0v) is 15.6. The van der Waals surface area contributed by atoms with Crippen molar-refractivity contribution in [3.63, 3.8) is 0 Å². The van der Waals surface area contributed by atoms with Crippen LogP contribution in [0.5, 0.6) is 0 Å². The molecule has 0 bridgehead atoms. The Morgan fingerprint density at radius 1 is 1.44 bits per heavy atom. The summed E-state index contributed by atoms with van der Waals surface area (Å²) in [5.41, 5.74) is 1.13. The molecule has 1 aromatic rings. The van der Waals surface area contributed by atoms with Gasteiger partial charge in [-0.05, 0) is 27.7 Å². The smallest absolute Gasteiger partial charge is 0.407 e. The molecule has 0 saturated heterocycles. The molecule has 8 nitrogen and oxygen atoms in total. The molecule has 0 saturated carbocycles. The topological polar surface area (TPSA) is 99.1 Å². The Labute approximate surface area is 150 Å². The second-order valence-corrected chi connectivity index (χ2v) is 7.37. The van der Waals surface area contributed by atoms with E-state index in [0.29, 0.717) is 5.71 Å². The second kappa shape index (κ2) is 7.81. The number of carbonyl (C=O) groups is 2. The van der Waals surface area contributed by atoms with Gasteiger partial charge in [-0.3, -0.25) is 0 Å². The van der Waals surface area contributed by atoms with Crippen molar-refractivity contribution in [2.75, 3.05) is 13.2 Å². The Balaban J connectivity index is 1.98. The molecule has 138 valence electrons. The molecule has 1 atom stereocenters. The highest BCUT2D eigenvalue weighted by Crippen LogP contribution is 2.30. The Kier molecular flexibility index (Phi) is 5.99. The van der Waals surface area contributed by atoms with Crippen LogP contribution in [0, 0.1) is 0 Å². The monoisotopic (exact) mass is 369 g/mol. The Morgan fingerprint density at radius 3 is 2.80 bits per heavy atom. The number of nitrogens with one attached hydrogen (secondary N) is 1. The highest BCUT2D eigenvalue weighted by atomic mass is 32.1. The summed E-state index contributed by atoms with van der Waals surface area (Å²) in [6.45, 7) is 7.45. The number of rotatable bonds is 6. The molecule has 2 heterocycles. The molecule has 1 amide bonds. The fraction of sp³-hybridized carbons (Fsp3) is 0.625. The zero-order chi connectivity index (χ0) is 18.5. The first kappa shape index (κ1) is 19.2. The number of esters is 1. The van der Waals surface area contributed by atoms with Crippen molar-refractivity contribution < 1.29 is 23.9 Å². The summed E-state index contributed by atoms with van der Waals surface area (Å²) in [6.07, 6.45) is -0.0724. The molecule has 1 aliphatic heterocycles. The van der Waals surface area contributed by atoms with Crippen LogP contribution in [0.2, 0.25) is 0 Å². The molecule has 1 N–H and O–H groups in total. The van der Waals surface area contributed by atoms with Crippen LogP contribution < -0.4 is 5.32 Å². The van der Waals surface area contributed by atoms with Gasteiger partial charge in [0.1, 0.15) is 5.60 Å². The molecule has 1 aliphatic rings. The molecule has 0 spiro atoms. The Morgan fingerprint density at radius 2 is 2.20 bits per heavy atom. The number of ether oxygens (including phenoxy) is 2. The summed E-state index contributed by atoms with van der Waals surface area (Å²) in [5, 5.41) is 8.42. The van der Waals surface area contributed by atoms with Crippen molar-refractivity contribution in [1.82, 2.24) is 10.3 Å². The van der Waals surface area contributed by atoms with Crippen molar-refractivity contribution in [2.24, 2.45) is 5.16 Å². The fourth-order valence-corrected chi connectivity index (χ4v) is 2.84. The molecule has 1 unspecified atom stereocenters. The molecular weight excluding hydrogens is 346 g/mol. The lowest BCUT2D eigenvalue weighted by molar-refractivity contribution is -0.169. The number of hydrogen-bond acceptors (Lipinski definition) is 8. The Hall–Kier alpha value is -2.16. The van der Waals surface area contributed by atoms with E-state index in [0.717, 1.165) is 5.69 Å². The summed E-state index contributed by atoms with van der Waals surface area (Å²) in [7, 11) is 0. The maximum absolute atomic E-state index is 12.4. The third-order valence-electron chi connectivity index (χ3n) is 3.27. The summed E-state index contributed by atoms with van der Waals surface area (Å²) < 4.78 is 10.3. The van der Waals surface area contributed by atoms with E-state index in [4.69, 9.17) is 14.3 Å². The van der Waals surface area contributed by atoms with Crippen molar-refractivity contribution in [3.8, 4) is 0 Å². The maximum atomic E-state index is 12.4. The van der Waals surface area contributed by atoms with Crippen LogP contribution in [0.15, 0.2) is 16.0 Å². The van der Waals surface area contributed by atoms with Gasteiger partial charge in [0, 0.05) is 18.2 Å². The van der Waals surface area contributed by atoms with Crippen LogP contribution in [0.3, 0.4) is 0 Å². The predicted molar refractivity (Wildman–Crippen MR) is 92.6 cm³/mol. The standard InChI is InChI=1S/C16H23N3O5S/c1-5-22-13(20)16(7-12-9-25-10-18-12)6-11(19-24-16)8-17-14(21)23-15(2,3)4/h9-10H,5-8H2,1-4H3,(H,17,21). The molecule has 0 aliphatic carbocycles. The van der Waals surface area contributed by atoms with E-state index < -0.39 is 23.3 Å². The van der Waals surface area contributed by atoms with E-state index in [2.05, 4.69) is 15.5 Å². The van der Waals surface area contributed by atoms with Crippen LogP contribution in [-0.2, 0) is 25.5 Å². The van der Waals surface area contributed by atoms with Gasteiger partial charge in [0.05, 0.1) is 30.1 Å². The van der Waals surface area contributed by atoms with Crippen LogP contribution in [0.4, 0.5) is 4.79 Å². The summed E-state index contributed by atoms with van der Waals surface area (Å²) in [5.74, 6) is -0.487. The normalized spacial score (nSPS) is 19.8. The van der Waals surface area contributed by atoms with E-state index >= 15 is 0 Å². The number of oxime groups is 1. The van der Waals surface area contributed by atoms with Gasteiger partial charge in [-0.15, -0.1) is 11.3 Å². The predicted octanol–water partition coefficient (Wildman–Crippen LogP) is 2.29. The van der Waals surface area contributed by atoms with E-state index in [-0.39, 0.29) is 26.0 Å².